The zero-order valence-electron chi connectivity index (χ0n) is 28.5. The monoisotopic (exact) mass is 728 g/mol. The van der Waals surface area contributed by atoms with Crippen molar-refractivity contribution in [2.45, 2.75) is 20.8 Å². The molecule has 0 atom stereocenters. The van der Waals surface area contributed by atoms with E-state index < -0.39 is 119 Å². The molecule has 50 heavy (non-hydrogen) atoms. The first-order valence-corrected chi connectivity index (χ1v) is 16.1. The van der Waals surface area contributed by atoms with Crippen LogP contribution in [0.15, 0.2) is 75.9 Å². The molecule has 0 radical (unpaired) electrons. The molecule has 0 unspecified atom stereocenters. The van der Waals surface area contributed by atoms with E-state index in [1.54, 1.807) is 0 Å². The van der Waals surface area contributed by atoms with Crippen molar-refractivity contribution in [2.75, 3.05) is 59.5 Å². The van der Waals surface area contributed by atoms with Crippen LogP contribution in [0.25, 0.3) is 0 Å². The van der Waals surface area contributed by atoms with Crippen LogP contribution >= 0.6 is 7.82 Å². The molecule has 0 saturated heterocycles. The maximum atomic E-state index is 14.3. The minimum Gasteiger partial charge on any atom is -0.462 e. The Morgan fingerprint density at radius 3 is 0.700 bits per heavy atom. The van der Waals surface area contributed by atoms with Crippen molar-refractivity contribution < 1.29 is 75.3 Å². The van der Waals surface area contributed by atoms with E-state index in [0.29, 0.717) is 0 Å². The lowest BCUT2D eigenvalue weighted by Gasteiger charge is -2.33. The average Bonchev–Trinajstić information content (AvgIpc) is 3.12. The summed E-state index contributed by atoms with van der Waals surface area (Å²) in [6, 6.07) is 0. The molecule has 16 nitrogen and oxygen atoms in total. The molecule has 0 N–H and O–H groups in total. The highest BCUT2D eigenvalue weighted by Crippen LogP contribution is 2.52. The number of esters is 6. The second kappa shape index (κ2) is 22.2. The molecule has 0 aliphatic rings. The van der Waals surface area contributed by atoms with Gasteiger partial charge < -0.3 is 28.4 Å². The van der Waals surface area contributed by atoms with Crippen LogP contribution in [0.1, 0.15) is 20.8 Å². The predicted molar refractivity (Wildman–Crippen MR) is 177 cm³/mol. The topological polar surface area (TPSA) is 203 Å². The summed E-state index contributed by atoms with van der Waals surface area (Å²) in [5.74, 6) is -4.92. The van der Waals surface area contributed by atoms with Crippen molar-refractivity contribution in [1.82, 2.24) is 0 Å². The van der Waals surface area contributed by atoms with Gasteiger partial charge in [0.15, 0.2) is 0 Å². The van der Waals surface area contributed by atoms with Crippen LogP contribution in [0.4, 0.5) is 0 Å². The van der Waals surface area contributed by atoms with Crippen molar-refractivity contribution in [3.8, 4) is 0 Å². The summed E-state index contributed by atoms with van der Waals surface area (Å²) in [5.41, 5.74) is -4.11. The van der Waals surface area contributed by atoms with E-state index in [4.69, 9.17) is 42.0 Å². The van der Waals surface area contributed by atoms with Crippen LogP contribution in [-0.4, -0.2) is 95.3 Å². The number of ether oxygens (including phenoxy) is 6. The van der Waals surface area contributed by atoms with Crippen molar-refractivity contribution >= 4 is 43.6 Å². The zero-order valence-corrected chi connectivity index (χ0v) is 29.4. The second-order valence-electron chi connectivity index (χ2n) is 11.6. The number of phosphoric ester groups is 1. The Labute approximate surface area is 291 Å². The van der Waals surface area contributed by atoms with E-state index in [0.717, 1.165) is 36.5 Å². The Morgan fingerprint density at radius 2 is 0.560 bits per heavy atom. The first-order chi connectivity index (χ1) is 23.3. The predicted octanol–water partition coefficient (Wildman–Crippen LogP) is 3.54. The minimum atomic E-state index is -4.80. The minimum absolute atomic E-state index is 0.429. The molecule has 278 valence electrons. The third kappa shape index (κ3) is 18.8. The van der Waals surface area contributed by atoms with Gasteiger partial charge in [0.25, 0.3) is 0 Å². The quantitative estimate of drug-likeness (QED) is 0.0514. The Bertz CT molecular complexity index is 1100. The molecule has 0 heterocycles. The third-order valence-corrected chi connectivity index (χ3v) is 7.43. The van der Waals surface area contributed by atoms with Crippen molar-refractivity contribution in [3.05, 3.63) is 75.9 Å². The van der Waals surface area contributed by atoms with E-state index >= 15 is 0 Å². The molecular weight excluding hydrogens is 683 g/mol. The number of rotatable bonds is 27. The molecule has 0 aromatic carbocycles. The lowest BCUT2D eigenvalue weighted by molar-refractivity contribution is -0.149. The van der Waals surface area contributed by atoms with Crippen molar-refractivity contribution in [3.63, 3.8) is 0 Å². The van der Waals surface area contributed by atoms with Gasteiger partial charge >= 0.3 is 43.6 Å². The summed E-state index contributed by atoms with van der Waals surface area (Å²) in [5, 5.41) is 0. The maximum absolute atomic E-state index is 14.3. The number of hydrogen-bond donors (Lipinski definition) is 0. The zero-order chi connectivity index (χ0) is 38.4. The highest BCUT2D eigenvalue weighted by molar-refractivity contribution is 7.48. The molecule has 0 aliphatic heterocycles. The highest BCUT2D eigenvalue weighted by Gasteiger charge is 2.41. The maximum Gasteiger partial charge on any atom is 0.474 e. The van der Waals surface area contributed by atoms with Crippen LogP contribution in [0.5, 0.6) is 0 Å². The highest BCUT2D eigenvalue weighted by atomic mass is 31.2. The van der Waals surface area contributed by atoms with Gasteiger partial charge in [0.2, 0.25) is 0 Å². The lowest BCUT2D eigenvalue weighted by atomic mass is 9.94. The number of hydrogen-bond acceptors (Lipinski definition) is 16. The molecule has 0 aromatic heterocycles. The molecular formula is C33H45O16P. The fraction of sp³-hybridized carbons (Fsp3) is 0.455. The molecule has 0 rings (SSSR count). The van der Waals surface area contributed by atoms with Crippen LogP contribution in [0.2, 0.25) is 0 Å². The summed E-state index contributed by atoms with van der Waals surface area (Å²) in [6.07, 6.45) is 5.37. The SMILES string of the molecule is C=CC(=O)OCC(C)(COC(=O)C=C)COP(=O)(OCC(C)(COC(=O)C=C)COC(=O)C=C)OCC(C)(COC(=O)C=C)COC(=O)C=C. The molecule has 0 spiro atoms. The second-order valence-corrected chi connectivity index (χ2v) is 13.2. The normalized spacial score (nSPS) is 11.5. The largest absolute Gasteiger partial charge is 0.474 e. The first kappa shape index (κ1) is 45.4. The average molecular weight is 729 g/mol. The summed E-state index contributed by atoms with van der Waals surface area (Å²) in [6.45, 7) is 19.9. The van der Waals surface area contributed by atoms with Gasteiger partial charge in [0.05, 0.1) is 36.1 Å². The van der Waals surface area contributed by atoms with Gasteiger partial charge in [-0.3, -0.25) is 13.6 Å². The molecule has 0 aliphatic carbocycles. The molecule has 0 aromatic rings. The Hall–Kier alpha value is -4.63. The Morgan fingerprint density at radius 1 is 0.400 bits per heavy atom. The van der Waals surface area contributed by atoms with Crippen LogP contribution in [-0.2, 0) is 75.3 Å². The number of carbonyl (C=O) groups is 6. The fourth-order valence-corrected chi connectivity index (χ4v) is 4.65. The molecule has 17 heteroatoms. The summed E-state index contributed by atoms with van der Waals surface area (Å²) < 4.78 is 62.1. The summed E-state index contributed by atoms with van der Waals surface area (Å²) in [7, 11) is -4.80. The van der Waals surface area contributed by atoms with Gasteiger partial charge in [0, 0.05) is 36.5 Å². The fourth-order valence-electron chi connectivity index (χ4n) is 3.02. The van der Waals surface area contributed by atoms with Gasteiger partial charge in [-0.2, -0.15) is 0 Å². The van der Waals surface area contributed by atoms with Crippen molar-refractivity contribution in [1.29, 1.82) is 0 Å². The van der Waals surface area contributed by atoms with E-state index in [2.05, 4.69) is 39.5 Å². The van der Waals surface area contributed by atoms with Crippen LogP contribution in [0, 0.1) is 16.2 Å². The van der Waals surface area contributed by atoms with Crippen LogP contribution in [0.3, 0.4) is 0 Å². The summed E-state index contributed by atoms with van der Waals surface area (Å²) >= 11 is 0. The standard InChI is InChI=1S/C33H45O16P/c1-10-25(34)41-16-31(7,17-42-26(35)11-2)22-47-50(40,48-23-32(8,18-43-27(36)12-3)19-44-28(37)13-4)49-24-33(9,20-45-29(38)14-5)21-46-30(39)15-6/h10-15H,1-6,16-24H2,7-9H3. The number of carbonyl (C=O) groups excluding carboxylic acids is 6. The lowest BCUT2D eigenvalue weighted by Crippen LogP contribution is -2.38. The van der Waals surface area contributed by atoms with E-state index in [1.165, 1.54) is 20.8 Å². The molecule has 0 bridgehead atoms. The van der Waals surface area contributed by atoms with E-state index in [-0.39, 0.29) is 0 Å². The summed E-state index contributed by atoms with van der Waals surface area (Å²) in [4.78, 5) is 71.0. The smallest absolute Gasteiger partial charge is 0.462 e. The Balaban J connectivity index is 6.62. The van der Waals surface area contributed by atoms with Gasteiger partial charge in [-0.25, -0.2) is 33.3 Å². The first-order valence-electron chi connectivity index (χ1n) is 14.6. The van der Waals surface area contributed by atoms with E-state index in [9.17, 15) is 33.3 Å². The van der Waals surface area contributed by atoms with E-state index in [1.807, 2.05) is 0 Å². The number of phosphoric acid groups is 1. The Kier molecular flexibility index (Phi) is 20.1. The van der Waals surface area contributed by atoms with Crippen LogP contribution < -0.4 is 0 Å². The molecule has 0 fully saturated rings. The third-order valence-electron chi connectivity index (χ3n) is 6.09. The van der Waals surface area contributed by atoms with Gasteiger partial charge in [-0.05, 0) is 0 Å². The van der Waals surface area contributed by atoms with Gasteiger partial charge in [0.1, 0.15) is 39.6 Å². The van der Waals surface area contributed by atoms with Gasteiger partial charge in [-0.1, -0.05) is 60.2 Å². The van der Waals surface area contributed by atoms with Gasteiger partial charge in [-0.15, -0.1) is 0 Å². The molecule has 0 saturated carbocycles. The molecule has 0 amide bonds. The van der Waals surface area contributed by atoms with Crippen molar-refractivity contribution in [2.24, 2.45) is 16.2 Å².